The van der Waals surface area contributed by atoms with E-state index in [2.05, 4.69) is 21.3 Å². The third-order valence-corrected chi connectivity index (χ3v) is 5.17. The number of aromatic nitrogens is 1. The molecule has 1 fully saturated rings. The Balaban J connectivity index is 1.55. The molecule has 28 heavy (non-hydrogen) atoms. The first-order chi connectivity index (χ1) is 13.6. The van der Waals surface area contributed by atoms with Crippen LogP contribution in [0.25, 0.3) is 0 Å². The topological polar surface area (TPSA) is 78.2 Å². The third-order valence-electron chi connectivity index (χ3n) is 4.93. The smallest absolute Gasteiger partial charge is 0.224 e. The summed E-state index contributed by atoms with van der Waals surface area (Å²) in [5.74, 6) is 1.78. The Morgan fingerprint density at radius 1 is 1.43 bits per heavy atom. The van der Waals surface area contributed by atoms with E-state index in [1.54, 1.807) is 37.6 Å². The highest BCUT2D eigenvalue weighted by Crippen LogP contribution is 2.29. The molecule has 3 rings (SSSR count). The van der Waals surface area contributed by atoms with Gasteiger partial charge in [0.2, 0.25) is 5.91 Å². The second-order valence-electron chi connectivity index (χ2n) is 6.90. The highest BCUT2D eigenvalue weighted by Gasteiger charge is 2.22. The van der Waals surface area contributed by atoms with Crippen molar-refractivity contribution in [1.29, 1.82) is 5.26 Å². The van der Waals surface area contributed by atoms with Gasteiger partial charge in [0.1, 0.15) is 11.6 Å². The molecule has 2 heterocycles. The molecule has 1 saturated heterocycles. The summed E-state index contributed by atoms with van der Waals surface area (Å²) < 4.78 is 5.27. The summed E-state index contributed by atoms with van der Waals surface area (Å²) in [5.41, 5.74) is 1.20. The zero-order valence-electron chi connectivity index (χ0n) is 15.8. The number of carbonyl (C=O) groups excluding carboxylic acids is 1. The highest BCUT2D eigenvalue weighted by atomic mass is 35.5. The lowest BCUT2D eigenvalue weighted by Crippen LogP contribution is -2.36. The number of hydrogen-bond acceptors (Lipinski definition) is 5. The van der Waals surface area contributed by atoms with Gasteiger partial charge in [-0.3, -0.25) is 4.79 Å². The molecule has 1 amide bonds. The van der Waals surface area contributed by atoms with Crippen molar-refractivity contribution in [3.8, 4) is 11.8 Å². The second-order valence-corrected chi connectivity index (χ2v) is 7.34. The molecule has 1 atom stereocenters. The van der Waals surface area contributed by atoms with Crippen LogP contribution in [0.4, 0.5) is 11.5 Å². The van der Waals surface area contributed by atoms with Crippen LogP contribution in [0, 0.1) is 17.2 Å². The lowest BCUT2D eigenvalue weighted by molar-refractivity contribution is -0.116. The largest absolute Gasteiger partial charge is 0.495 e. The molecule has 0 spiro atoms. The van der Waals surface area contributed by atoms with E-state index in [-0.39, 0.29) is 5.91 Å². The van der Waals surface area contributed by atoms with Crippen molar-refractivity contribution in [2.45, 2.75) is 25.7 Å². The predicted molar refractivity (Wildman–Crippen MR) is 110 cm³/mol. The number of nitrogens with one attached hydrogen (secondary N) is 1. The van der Waals surface area contributed by atoms with Crippen LogP contribution in [0.2, 0.25) is 5.02 Å². The molecule has 1 N–H and O–H groups in total. The number of hydrogen-bond donors (Lipinski definition) is 1. The fraction of sp³-hybridized carbons (Fsp3) is 0.381. The van der Waals surface area contributed by atoms with Crippen molar-refractivity contribution in [3.05, 3.63) is 47.1 Å². The maximum absolute atomic E-state index is 12.4. The number of piperidine rings is 1. The minimum Gasteiger partial charge on any atom is -0.495 e. The zero-order valence-corrected chi connectivity index (χ0v) is 16.6. The number of methoxy groups -OCH3 is 1. The number of halogens is 1. The summed E-state index contributed by atoms with van der Waals surface area (Å²) >= 11 is 6.01. The standard InChI is InChI=1S/C21H23ClN4O2/c1-28-19-6-5-17(22)12-18(19)25-21(27)7-4-15-3-2-10-26(14-15)20-11-16(13-23)8-9-24-20/h5-6,8-9,11-12,15H,2-4,7,10,14H2,1H3,(H,25,27)/t15-/m1/s1. The van der Waals surface area contributed by atoms with Crippen LogP contribution >= 0.6 is 11.6 Å². The summed E-state index contributed by atoms with van der Waals surface area (Å²) in [5, 5.41) is 12.5. The van der Waals surface area contributed by atoms with E-state index in [4.69, 9.17) is 21.6 Å². The van der Waals surface area contributed by atoms with Crippen molar-refractivity contribution in [2.75, 3.05) is 30.4 Å². The van der Waals surface area contributed by atoms with Crippen LogP contribution in [0.3, 0.4) is 0 Å². The number of anilines is 2. The number of rotatable bonds is 6. The molecule has 1 aromatic heterocycles. The van der Waals surface area contributed by atoms with Crippen LogP contribution in [-0.4, -0.2) is 31.1 Å². The van der Waals surface area contributed by atoms with Crippen LogP contribution in [0.1, 0.15) is 31.2 Å². The van der Waals surface area contributed by atoms with Gasteiger partial charge in [0.05, 0.1) is 24.4 Å². The number of ether oxygens (including phenoxy) is 1. The lowest BCUT2D eigenvalue weighted by atomic mass is 9.93. The van der Waals surface area contributed by atoms with Crippen LogP contribution in [-0.2, 0) is 4.79 Å². The molecule has 146 valence electrons. The van der Waals surface area contributed by atoms with Gasteiger partial charge in [-0.25, -0.2) is 4.98 Å². The van der Waals surface area contributed by atoms with Gasteiger partial charge in [-0.2, -0.15) is 5.26 Å². The average Bonchev–Trinajstić information content (AvgIpc) is 2.73. The van der Waals surface area contributed by atoms with Gasteiger partial charge in [0, 0.05) is 30.7 Å². The minimum absolute atomic E-state index is 0.0534. The first-order valence-electron chi connectivity index (χ1n) is 9.33. The first kappa shape index (κ1) is 20.0. The van der Waals surface area contributed by atoms with Crippen molar-refractivity contribution in [2.24, 2.45) is 5.92 Å². The summed E-state index contributed by atoms with van der Waals surface area (Å²) in [4.78, 5) is 19.0. The van der Waals surface area contributed by atoms with Crippen LogP contribution in [0.15, 0.2) is 36.5 Å². The van der Waals surface area contributed by atoms with E-state index in [0.29, 0.717) is 34.4 Å². The van der Waals surface area contributed by atoms with E-state index in [9.17, 15) is 4.79 Å². The van der Waals surface area contributed by atoms with Crippen molar-refractivity contribution < 1.29 is 9.53 Å². The molecule has 0 aliphatic carbocycles. The van der Waals surface area contributed by atoms with Crippen LogP contribution < -0.4 is 15.0 Å². The fourth-order valence-electron chi connectivity index (χ4n) is 3.50. The van der Waals surface area contributed by atoms with Gasteiger partial charge in [-0.1, -0.05) is 11.6 Å². The molecule has 6 nitrogen and oxygen atoms in total. The maximum atomic E-state index is 12.4. The molecular formula is C21H23ClN4O2. The van der Waals surface area contributed by atoms with Crippen molar-refractivity contribution in [3.63, 3.8) is 0 Å². The van der Waals surface area contributed by atoms with Gasteiger partial charge >= 0.3 is 0 Å². The first-order valence-corrected chi connectivity index (χ1v) is 9.71. The minimum atomic E-state index is -0.0534. The highest BCUT2D eigenvalue weighted by molar-refractivity contribution is 6.31. The molecule has 0 bridgehead atoms. The Morgan fingerprint density at radius 2 is 2.29 bits per heavy atom. The average molecular weight is 399 g/mol. The predicted octanol–water partition coefficient (Wildman–Crippen LogP) is 4.25. The fourth-order valence-corrected chi connectivity index (χ4v) is 3.67. The zero-order chi connectivity index (χ0) is 19.9. The Kier molecular flexibility index (Phi) is 6.72. The van der Waals surface area contributed by atoms with Crippen molar-refractivity contribution >= 4 is 29.0 Å². The number of benzene rings is 1. The Morgan fingerprint density at radius 3 is 3.07 bits per heavy atom. The summed E-state index contributed by atoms with van der Waals surface area (Å²) in [6.07, 6.45) is 5.03. The lowest BCUT2D eigenvalue weighted by Gasteiger charge is -2.33. The summed E-state index contributed by atoms with van der Waals surface area (Å²) in [6.45, 7) is 1.76. The number of pyridine rings is 1. The Labute approximate surface area is 170 Å². The van der Waals surface area contributed by atoms with Gasteiger partial charge in [-0.05, 0) is 55.5 Å². The molecule has 0 unspecified atom stereocenters. The molecule has 0 saturated carbocycles. The van der Waals surface area contributed by atoms with E-state index >= 15 is 0 Å². The molecule has 1 aliphatic heterocycles. The van der Waals surface area contributed by atoms with Crippen molar-refractivity contribution in [1.82, 2.24) is 4.98 Å². The molecule has 1 aromatic carbocycles. The van der Waals surface area contributed by atoms with E-state index in [0.717, 1.165) is 38.2 Å². The van der Waals surface area contributed by atoms with Gasteiger partial charge in [0.15, 0.2) is 0 Å². The number of nitriles is 1. The second kappa shape index (κ2) is 9.43. The number of amides is 1. The molecule has 7 heteroatoms. The van der Waals surface area contributed by atoms with E-state index in [1.807, 2.05) is 6.07 Å². The monoisotopic (exact) mass is 398 g/mol. The van der Waals surface area contributed by atoms with E-state index < -0.39 is 0 Å². The molecule has 0 radical (unpaired) electrons. The van der Waals surface area contributed by atoms with Gasteiger partial charge in [-0.15, -0.1) is 0 Å². The SMILES string of the molecule is COc1ccc(Cl)cc1NC(=O)CC[C@H]1CCCN(c2cc(C#N)ccn2)C1. The summed E-state index contributed by atoms with van der Waals surface area (Å²) in [6, 6.07) is 10.8. The Bertz CT molecular complexity index is 881. The maximum Gasteiger partial charge on any atom is 0.224 e. The van der Waals surface area contributed by atoms with Gasteiger partial charge < -0.3 is 15.0 Å². The van der Waals surface area contributed by atoms with Crippen LogP contribution in [0.5, 0.6) is 5.75 Å². The normalized spacial score (nSPS) is 16.3. The number of carbonyl (C=O) groups is 1. The molecule has 1 aliphatic rings. The quantitative estimate of drug-likeness (QED) is 0.786. The molecule has 2 aromatic rings. The number of nitrogens with zero attached hydrogens (tertiary/aromatic N) is 3. The third kappa shape index (κ3) is 5.14. The Hall–Kier alpha value is -2.78. The molecular weight excluding hydrogens is 376 g/mol. The summed E-state index contributed by atoms with van der Waals surface area (Å²) in [7, 11) is 1.56. The van der Waals surface area contributed by atoms with E-state index in [1.165, 1.54) is 0 Å². The van der Waals surface area contributed by atoms with Gasteiger partial charge in [0.25, 0.3) is 0 Å².